The Balaban J connectivity index is 1.62. The summed E-state index contributed by atoms with van der Waals surface area (Å²) in [4.78, 5) is 15.0. The number of hydrogen-bond donors (Lipinski definition) is 2. The van der Waals surface area contributed by atoms with Gasteiger partial charge < -0.3 is 20.6 Å². The molecule has 2 atom stereocenters. The van der Waals surface area contributed by atoms with Crippen molar-refractivity contribution in [3.8, 4) is 0 Å². The standard InChI is InChI=1S/C21H23F2N3O2/c1-11-14-7-16(22)19(25-8-12-3-2-6-21(12,24)10-25)17(23)18(14)26(13-4-5-13)9-15(11)20(27)28/h7,9,12-13H,1-6,8,10,24H2,(H,27,28)/t12-,21-/m1/s1. The summed E-state index contributed by atoms with van der Waals surface area (Å²) < 4.78 is 30.8. The van der Waals surface area contributed by atoms with E-state index in [0.717, 1.165) is 32.1 Å². The second-order valence-corrected chi connectivity index (χ2v) is 8.58. The lowest BCUT2D eigenvalue weighted by Gasteiger charge is -2.32. The Labute approximate surface area is 162 Å². The normalized spacial score (nSPS) is 29.0. The van der Waals surface area contributed by atoms with Gasteiger partial charge in [0, 0.05) is 36.4 Å². The fourth-order valence-electron chi connectivity index (χ4n) is 5.13. The summed E-state index contributed by atoms with van der Waals surface area (Å²) in [6.45, 7) is 4.78. The van der Waals surface area contributed by atoms with Gasteiger partial charge in [-0.25, -0.2) is 13.6 Å². The summed E-state index contributed by atoms with van der Waals surface area (Å²) >= 11 is 0. The van der Waals surface area contributed by atoms with Gasteiger partial charge in [0.05, 0.1) is 11.3 Å². The van der Waals surface area contributed by atoms with Gasteiger partial charge in [-0.3, -0.25) is 0 Å². The smallest absolute Gasteiger partial charge is 0.337 e. The van der Waals surface area contributed by atoms with Crippen LogP contribution < -0.4 is 15.5 Å². The number of hydrogen-bond acceptors (Lipinski definition) is 4. The Kier molecular flexibility index (Phi) is 3.66. The minimum atomic E-state index is -1.15. The molecule has 0 bridgehead atoms. The molecule has 0 spiro atoms. The van der Waals surface area contributed by atoms with Crippen LogP contribution in [0.5, 0.6) is 0 Å². The summed E-state index contributed by atoms with van der Waals surface area (Å²) in [5.74, 6) is -2.24. The van der Waals surface area contributed by atoms with Crippen LogP contribution in [0.3, 0.4) is 0 Å². The minimum absolute atomic E-state index is 0.0254. The van der Waals surface area contributed by atoms with Crippen molar-refractivity contribution in [3.05, 3.63) is 41.6 Å². The maximum atomic E-state index is 15.7. The Morgan fingerprint density at radius 3 is 2.68 bits per heavy atom. The molecule has 1 saturated heterocycles. The first-order valence-electron chi connectivity index (χ1n) is 9.79. The molecule has 28 heavy (non-hydrogen) atoms. The number of fused-ring (bicyclic) bond motifs is 2. The third-order valence-corrected chi connectivity index (χ3v) is 6.77. The van der Waals surface area contributed by atoms with E-state index in [1.807, 2.05) is 0 Å². The molecule has 5 nitrogen and oxygen atoms in total. The van der Waals surface area contributed by atoms with Crippen molar-refractivity contribution < 1.29 is 18.7 Å². The predicted octanol–water partition coefficient (Wildman–Crippen LogP) is 3.25. The molecule has 7 heteroatoms. The van der Waals surface area contributed by atoms with Crippen molar-refractivity contribution in [2.75, 3.05) is 22.9 Å². The SMILES string of the molecule is C=C1C(C(=O)O)=CN(C2CC2)c2c1cc(F)c(N1C[C@H]3CCC[C@@]3(N)C1)c2F. The quantitative estimate of drug-likeness (QED) is 0.833. The molecular weight excluding hydrogens is 364 g/mol. The molecule has 0 unspecified atom stereocenters. The number of anilines is 2. The van der Waals surface area contributed by atoms with Crippen molar-refractivity contribution in [2.24, 2.45) is 11.7 Å². The number of carboxylic acids is 1. The van der Waals surface area contributed by atoms with Crippen LogP contribution in [-0.2, 0) is 4.79 Å². The summed E-state index contributed by atoms with van der Waals surface area (Å²) in [5.41, 5.74) is 6.63. The topological polar surface area (TPSA) is 69.8 Å². The van der Waals surface area contributed by atoms with Crippen molar-refractivity contribution in [3.63, 3.8) is 0 Å². The third-order valence-electron chi connectivity index (χ3n) is 6.77. The fourth-order valence-corrected chi connectivity index (χ4v) is 5.13. The highest BCUT2D eigenvalue weighted by molar-refractivity contribution is 6.09. The molecule has 2 heterocycles. The van der Waals surface area contributed by atoms with Gasteiger partial charge in [-0.1, -0.05) is 13.0 Å². The van der Waals surface area contributed by atoms with Crippen LogP contribution in [-0.4, -0.2) is 35.7 Å². The number of benzene rings is 1. The average Bonchev–Trinajstić information content (AvgIpc) is 3.32. The van der Waals surface area contributed by atoms with Crippen LogP contribution in [0.25, 0.3) is 5.57 Å². The zero-order valence-corrected chi connectivity index (χ0v) is 15.5. The molecule has 0 aromatic heterocycles. The van der Waals surface area contributed by atoms with Crippen molar-refractivity contribution >= 4 is 22.9 Å². The van der Waals surface area contributed by atoms with Gasteiger partial charge >= 0.3 is 5.97 Å². The fraction of sp³-hybridized carbons (Fsp3) is 0.476. The van der Waals surface area contributed by atoms with Crippen LogP contribution in [0.15, 0.2) is 24.4 Å². The first kappa shape index (κ1) is 17.7. The molecule has 1 aromatic rings. The Hall–Kier alpha value is -2.41. The minimum Gasteiger partial charge on any atom is -0.478 e. The second-order valence-electron chi connectivity index (χ2n) is 8.58. The molecule has 3 N–H and O–H groups in total. The lowest BCUT2D eigenvalue weighted by molar-refractivity contribution is -0.132. The van der Waals surface area contributed by atoms with E-state index < -0.39 is 17.6 Å². The lowest BCUT2D eigenvalue weighted by Crippen LogP contribution is -2.44. The van der Waals surface area contributed by atoms with Crippen LogP contribution in [0, 0.1) is 17.6 Å². The number of carboxylic acid groups (broad SMARTS) is 1. The largest absolute Gasteiger partial charge is 0.478 e. The molecule has 2 aliphatic carbocycles. The van der Waals surface area contributed by atoms with Crippen LogP contribution in [0.2, 0.25) is 0 Å². The number of carbonyl (C=O) groups is 1. The first-order valence-corrected chi connectivity index (χ1v) is 9.79. The zero-order chi connectivity index (χ0) is 19.8. The van der Waals surface area contributed by atoms with E-state index in [9.17, 15) is 9.90 Å². The second kappa shape index (κ2) is 5.80. The zero-order valence-electron chi connectivity index (χ0n) is 15.5. The van der Waals surface area contributed by atoms with Crippen molar-refractivity contribution in [1.29, 1.82) is 0 Å². The van der Waals surface area contributed by atoms with Crippen LogP contribution >= 0.6 is 0 Å². The molecule has 4 aliphatic rings. The first-order chi connectivity index (χ1) is 13.3. The highest BCUT2D eigenvalue weighted by Gasteiger charge is 2.48. The lowest BCUT2D eigenvalue weighted by atomic mass is 9.92. The van der Waals surface area contributed by atoms with Gasteiger partial charge in [-0.2, -0.15) is 0 Å². The van der Waals surface area contributed by atoms with E-state index >= 15 is 8.78 Å². The van der Waals surface area contributed by atoms with E-state index in [-0.39, 0.29) is 45.6 Å². The molecule has 0 amide bonds. The highest BCUT2D eigenvalue weighted by atomic mass is 19.1. The number of rotatable bonds is 3. The molecule has 0 radical (unpaired) electrons. The monoisotopic (exact) mass is 387 g/mol. The van der Waals surface area contributed by atoms with Crippen molar-refractivity contribution in [1.82, 2.24) is 0 Å². The summed E-state index contributed by atoms with van der Waals surface area (Å²) in [6.07, 6.45) is 6.05. The summed E-state index contributed by atoms with van der Waals surface area (Å²) in [7, 11) is 0. The highest BCUT2D eigenvalue weighted by Crippen LogP contribution is 2.49. The summed E-state index contributed by atoms with van der Waals surface area (Å²) in [5, 5.41) is 9.47. The van der Waals surface area contributed by atoms with E-state index in [1.54, 1.807) is 9.80 Å². The van der Waals surface area contributed by atoms with Gasteiger partial charge in [0.1, 0.15) is 11.5 Å². The van der Waals surface area contributed by atoms with Gasteiger partial charge in [0.15, 0.2) is 5.82 Å². The molecule has 1 aromatic carbocycles. The van der Waals surface area contributed by atoms with Crippen LogP contribution in [0.1, 0.15) is 37.7 Å². The maximum Gasteiger partial charge on any atom is 0.337 e. The number of halogens is 2. The molecule has 2 saturated carbocycles. The summed E-state index contributed by atoms with van der Waals surface area (Å²) in [6, 6.07) is 1.27. The Morgan fingerprint density at radius 1 is 1.29 bits per heavy atom. The van der Waals surface area contributed by atoms with Gasteiger partial charge in [0.2, 0.25) is 0 Å². The van der Waals surface area contributed by atoms with Crippen molar-refractivity contribution in [2.45, 2.75) is 43.7 Å². The Morgan fingerprint density at radius 2 is 2.04 bits per heavy atom. The van der Waals surface area contributed by atoms with Crippen LogP contribution in [0.4, 0.5) is 20.2 Å². The predicted molar refractivity (Wildman–Crippen MR) is 103 cm³/mol. The molecular formula is C21H23F2N3O2. The molecule has 3 fully saturated rings. The molecule has 5 rings (SSSR count). The molecule has 2 aliphatic heterocycles. The Bertz CT molecular complexity index is 940. The average molecular weight is 387 g/mol. The third kappa shape index (κ3) is 2.42. The van der Waals surface area contributed by atoms with E-state index in [0.29, 0.717) is 13.1 Å². The van der Waals surface area contributed by atoms with E-state index in [1.165, 1.54) is 12.3 Å². The van der Waals surface area contributed by atoms with E-state index in [4.69, 9.17) is 5.73 Å². The van der Waals surface area contributed by atoms with Gasteiger partial charge in [-0.05, 0) is 43.2 Å². The number of nitrogens with two attached hydrogens (primary N) is 1. The molecule has 148 valence electrons. The van der Waals surface area contributed by atoms with Gasteiger partial charge in [0.25, 0.3) is 0 Å². The van der Waals surface area contributed by atoms with E-state index in [2.05, 4.69) is 6.58 Å². The number of aliphatic carboxylic acids is 1. The van der Waals surface area contributed by atoms with Gasteiger partial charge in [-0.15, -0.1) is 0 Å². The maximum absolute atomic E-state index is 15.7. The number of nitrogens with zero attached hydrogens (tertiary/aromatic N) is 2.